The van der Waals surface area contributed by atoms with E-state index >= 15 is 0 Å². The molecule has 1 aromatic carbocycles. The molecule has 22 heavy (non-hydrogen) atoms. The molecule has 3 nitrogen and oxygen atoms in total. The van der Waals surface area contributed by atoms with Gasteiger partial charge in [0.1, 0.15) is 5.82 Å². The fourth-order valence-electron chi connectivity index (χ4n) is 3.04. The molecule has 0 radical (unpaired) electrons. The maximum atomic E-state index is 13.5. The average Bonchev–Trinajstić information content (AvgIpc) is 2.92. The minimum absolute atomic E-state index is 0.0170. The van der Waals surface area contributed by atoms with Gasteiger partial charge in [-0.3, -0.25) is 4.79 Å². The summed E-state index contributed by atoms with van der Waals surface area (Å²) < 4.78 is 13.5. The Bertz CT molecular complexity index is 670. The van der Waals surface area contributed by atoms with E-state index in [1.165, 1.54) is 6.07 Å². The molecule has 3 rings (SSSR count). The Balaban J connectivity index is 1.78. The van der Waals surface area contributed by atoms with E-state index in [0.29, 0.717) is 6.42 Å². The molecule has 1 aliphatic rings. The van der Waals surface area contributed by atoms with Crippen LogP contribution in [0.15, 0.2) is 29.6 Å². The Morgan fingerprint density at radius 2 is 2.32 bits per heavy atom. The van der Waals surface area contributed by atoms with E-state index in [9.17, 15) is 9.18 Å². The number of likely N-dealkylation sites (tertiary alicyclic amines) is 1. The van der Waals surface area contributed by atoms with Crippen LogP contribution in [0.5, 0.6) is 0 Å². The molecule has 1 fully saturated rings. The lowest BCUT2D eigenvalue weighted by Gasteiger charge is -2.36. The van der Waals surface area contributed by atoms with Crippen molar-refractivity contribution >= 4 is 17.2 Å². The van der Waals surface area contributed by atoms with Crippen molar-refractivity contribution < 1.29 is 9.18 Å². The molecule has 2 aromatic rings. The molecule has 116 valence electrons. The number of carbonyl (C=O) groups is 1. The van der Waals surface area contributed by atoms with Gasteiger partial charge < -0.3 is 4.90 Å². The third-order valence-electron chi connectivity index (χ3n) is 4.06. The van der Waals surface area contributed by atoms with E-state index in [0.717, 1.165) is 42.1 Å². The molecule has 1 atom stereocenters. The summed E-state index contributed by atoms with van der Waals surface area (Å²) in [6.07, 6.45) is 3.30. The molecule has 1 unspecified atom stereocenters. The van der Waals surface area contributed by atoms with Crippen LogP contribution in [-0.2, 0) is 11.2 Å². The lowest BCUT2D eigenvalue weighted by atomic mass is 9.94. The minimum Gasteiger partial charge on any atom is -0.335 e. The van der Waals surface area contributed by atoms with Gasteiger partial charge in [0.15, 0.2) is 0 Å². The van der Waals surface area contributed by atoms with Crippen LogP contribution in [0.4, 0.5) is 4.39 Å². The lowest BCUT2D eigenvalue weighted by Crippen LogP contribution is -2.39. The van der Waals surface area contributed by atoms with Crippen molar-refractivity contribution in [2.24, 2.45) is 0 Å². The van der Waals surface area contributed by atoms with Gasteiger partial charge in [0.05, 0.1) is 23.2 Å². The van der Waals surface area contributed by atoms with Crippen LogP contribution >= 0.6 is 11.3 Å². The molecular formula is C17H19FN2OS. The van der Waals surface area contributed by atoms with Gasteiger partial charge in [0.2, 0.25) is 5.91 Å². The summed E-state index contributed by atoms with van der Waals surface area (Å²) in [5.41, 5.74) is 1.72. The summed E-state index contributed by atoms with van der Waals surface area (Å²) in [6, 6.07) is 6.59. The quantitative estimate of drug-likeness (QED) is 0.860. The van der Waals surface area contributed by atoms with Crippen molar-refractivity contribution in [3.05, 3.63) is 51.7 Å². The Hall–Kier alpha value is -1.75. The molecule has 5 heteroatoms. The number of thiazole rings is 1. The number of hydrogen-bond acceptors (Lipinski definition) is 3. The minimum atomic E-state index is -0.245. The van der Waals surface area contributed by atoms with Crippen LogP contribution in [0.25, 0.3) is 0 Å². The maximum absolute atomic E-state index is 13.5. The molecule has 2 heterocycles. The molecular weight excluding hydrogens is 299 g/mol. The predicted molar refractivity (Wildman–Crippen MR) is 85.3 cm³/mol. The van der Waals surface area contributed by atoms with Gasteiger partial charge in [-0.05, 0) is 43.9 Å². The number of carbonyl (C=O) groups excluding carboxylic acids is 1. The van der Waals surface area contributed by atoms with Crippen molar-refractivity contribution in [2.75, 3.05) is 6.54 Å². The van der Waals surface area contributed by atoms with Gasteiger partial charge in [0, 0.05) is 11.9 Å². The molecule has 1 saturated heterocycles. The highest BCUT2D eigenvalue weighted by Gasteiger charge is 2.28. The molecule has 1 aliphatic heterocycles. The second-order valence-electron chi connectivity index (χ2n) is 5.69. The normalized spacial score (nSPS) is 18.5. The number of aromatic nitrogens is 1. The number of benzene rings is 1. The zero-order valence-corrected chi connectivity index (χ0v) is 13.4. The highest BCUT2D eigenvalue weighted by atomic mass is 32.1. The smallest absolute Gasteiger partial charge is 0.229 e. The zero-order valence-electron chi connectivity index (χ0n) is 12.6. The first-order valence-corrected chi connectivity index (χ1v) is 8.47. The summed E-state index contributed by atoms with van der Waals surface area (Å²) in [7, 11) is 0. The summed E-state index contributed by atoms with van der Waals surface area (Å²) in [5.74, 6) is -0.162. The SMILES string of the molecule is Cc1nc(CC(=O)N2CCCCC2c2cccc(F)c2)cs1. The first-order valence-electron chi connectivity index (χ1n) is 7.59. The van der Waals surface area contributed by atoms with E-state index in [2.05, 4.69) is 4.98 Å². The fraction of sp³-hybridized carbons (Fsp3) is 0.412. The number of piperidine rings is 1. The zero-order chi connectivity index (χ0) is 15.5. The third-order valence-corrected chi connectivity index (χ3v) is 4.88. The maximum Gasteiger partial charge on any atom is 0.229 e. The number of hydrogen-bond donors (Lipinski definition) is 0. The van der Waals surface area contributed by atoms with E-state index in [4.69, 9.17) is 0 Å². The fourth-order valence-corrected chi connectivity index (χ4v) is 3.65. The highest BCUT2D eigenvalue weighted by Crippen LogP contribution is 2.31. The van der Waals surface area contributed by atoms with E-state index in [1.54, 1.807) is 23.5 Å². The molecule has 0 saturated carbocycles. The van der Waals surface area contributed by atoms with Gasteiger partial charge >= 0.3 is 0 Å². The van der Waals surface area contributed by atoms with Gasteiger partial charge in [-0.1, -0.05) is 12.1 Å². The number of halogens is 1. The van der Waals surface area contributed by atoms with E-state index in [1.807, 2.05) is 23.3 Å². The average molecular weight is 318 g/mol. The van der Waals surface area contributed by atoms with Crippen molar-refractivity contribution in [2.45, 2.75) is 38.6 Å². The van der Waals surface area contributed by atoms with Gasteiger partial charge in [-0.15, -0.1) is 11.3 Å². The molecule has 0 N–H and O–H groups in total. The van der Waals surface area contributed by atoms with Crippen LogP contribution in [0.1, 0.15) is 41.6 Å². The largest absolute Gasteiger partial charge is 0.335 e. The van der Waals surface area contributed by atoms with Crippen LogP contribution in [0.2, 0.25) is 0 Å². The lowest BCUT2D eigenvalue weighted by molar-refractivity contribution is -0.134. The van der Waals surface area contributed by atoms with Crippen molar-refractivity contribution in [1.29, 1.82) is 0 Å². The van der Waals surface area contributed by atoms with E-state index < -0.39 is 0 Å². The summed E-state index contributed by atoms with van der Waals surface area (Å²) >= 11 is 1.56. The number of aryl methyl sites for hydroxylation is 1. The Morgan fingerprint density at radius 3 is 3.05 bits per heavy atom. The van der Waals surface area contributed by atoms with Gasteiger partial charge in [-0.2, -0.15) is 0 Å². The molecule has 1 aromatic heterocycles. The molecule has 0 bridgehead atoms. The summed E-state index contributed by atoms with van der Waals surface area (Å²) in [4.78, 5) is 18.9. The second-order valence-corrected chi connectivity index (χ2v) is 6.75. The van der Waals surface area contributed by atoms with Crippen LogP contribution < -0.4 is 0 Å². The molecule has 1 amide bonds. The second kappa shape index (κ2) is 6.57. The number of rotatable bonds is 3. The first kappa shape index (κ1) is 15.2. The Kier molecular flexibility index (Phi) is 4.52. The predicted octanol–water partition coefficient (Wildman–Crippen LogP) is 3.89. The van der Waals surface area contributed by atoms with Crippen molar-refractivity contribution in [3.63, 3.8) is 0 Å². The summed E-state index contributed by atoms with van der Waals surface area (Å²) in [6.45, 7) is 2.68. The van der Waals surface area contributed by atoms with Crippen molar-refractivity contribution in [1.82, 2.24) is 9.88 Å². The number of amides is 1. The van der Waals surface area contributed by atoms with Crippen LogP contribution in [-0.4, -0.2) is 22.3 Å². The Morgan fingerprint density at radius 1 is 1.45 bits per heavy atom. The van der Waals surface area contributed by atoms with Gasteiger partial charge in [0.25, 0.3) is 0 Å². The van der Waals surface area contributed by atoms with Crippen LogP contribution in [0, 0.1) is 12.7 Å². The van der Waals surface area contributed by atoms with Gasteiger partial charge in [-0.25, -0.2) is 9.37 Å². The molecule has 0 spiro atoms. The van der Waals surface area contributed by atoms with Crippen molar-refractivity contribution in [3.8, 4) is 0 Å². The standard InChI is InChI=1S/C17H19FN2OS/c1-12-19-15(11-22-12)10-17(21)20-8-3-2-7-16(20)13-5-4-6-14(18)9-13/h4-6,9,11,16H,2-3,7-8,10H2,1H3. The monoisotopic (exact) mass is 318 g/mol. The van der Waals surface area contributed by atoms with Crippen LogP contribution in [0.3, 0.4) is 0 Å². The van der Waals surface area contributed by atoms with E-state index in [-0.39, 0.29) is 17.8 Å². The first-order chi connectivity index (χ1) is 10.6. The number of nitrogens with zero attached hydrogens (tertiary/aromatic N) is 2. The third kappa shape index (κ3) is 3.35. The summed E-state index contributed by atoms with van der Waals surface area (Å²) in [5, 5.41) is 2.91. The Labute approximate surface area is 133 Å². The highest BCUT2D eigenvalue weighted by molar-refractivity contribution is 7.09. The molecule has 0 aliphatic carbocycles. The topological polar surface area (TPSA) is 33.2 Å².